The summed E-state index contributed by atoms with van der Waals surface area (Å²) >= 11 is 0. The highest BCUT2D eigenvalue weighted by Crippen LogP contribution is 2.60. The Labute approximate surface area is 278 Å². The van der Waals surface area contributed by atoms with Gasteiger partial charge in [0.1, 0.15) is 12.1 Å². The van der Waals surface area contributed by atoms with Crippen molar-refractivity contribution in [2.24, 2.45) is 0 Å². The van der Waals surface area contributed by atoms with Gasteiger partial charge >= 0.3 is 0 Å². The molecule has 0 bridgehead atoms. The van der Waals surface area contributed by atoms with Crippen molar-refractivity contribution in [1.29, 1.82) is 0 Å². The minimum absolute atomic E-state index is 0.0938. The Bertz CT molecular complexity index is 2490. The summed E-state index contributed by atoms with van der Waals surface area (Å²) in [4.78, 5) is 5.17. The minimum atomic E-state index is 0.0938. The third-order valence-corrected chi connectivity index (χ3v) is 11.2. The second-order valence-corrected chi connectivity index (χ2v) is 13.3. The largest absolute Gasteiger partial charge is 0.326 e. The average Bonchev–Trinajstić information content (AvgIpc) is 3.85. The molecule has 48 heavy (non-hydrogen) atoms. The summed E-state index contributed by atoms with van der Waals surface area (Å²) in [6, 6.07) is 54.5. The molecule has 0 saturated heterocycles. The molecular formula is C44H28N4. The van der Waals surface area contributed by atoms with Gasteiger partial charge in [0.15, 0.2) is 0 Å². The molecule has 0 fully saturated rings. The molecule has 0 N–H and O–H groups in total. The summed E-state index contributed by atoms with van der Waals surface area (Å²) in [5.41, 5.74) is 18.0. The van der Waals surface area contributed by atoms with E-state index >= 15 is 0 Å². The van der Waals surface area contributed by atoms with Crippen LogP contribution in [0.15, 0.2) is 158 Å². The predicted molar refractivity (Wildman–Crippen MR) is 194 cm³/mol. The minimum Gasteiger partial charge on any atom is -0.326 e. The van der Waals surface area contributed by atoms with Gasteiger partial charge in [-0.1, -0.05) is 84.9 Å². The summed E-state index contributed by atoms with van der Waals surface area (Å²) in [5.74, 6) is 0. The molecule has 0 aliphatic carbocycles. The van der Waals surface area contributed by atoms with Crippen molar-refractivity contribution in [2.75, 3.05) is 9.80 Å². The molecule has 12 rings (SSSR count). The van der Waals surface area contributed by atoms with Crippen molar-refractivity contribution >= 4 is 33.5 Å². The Morgan fingerprint density at radius 1 is 0.333 bits per heavy atom. The number of fused-ring (bicyclic) bond motifs is 25. The normalized spacial score (nSPS) is 17.1. The Hall–Kier alpha value is -6.26. The maximum Gasteiger partial charge on any atom is 0.101 e. The van der Waals surface area contributed by atoms with Crippen molar-refractivity contribution in [2.45, 2.75) is 12.1 Å². The second-order valence-electron chi connectivity index (χ2n) is 13.3. The smallest absolute Gasteiger partial charge is 0.101 e. The van der Waals surface area contributed by atoms with Crippen molar-refractivity contribution in [3.05, 3.63) is 181 Å². The van der Waals surface area contributed by atoms with Crippen molar-refractivity contribution in [3.8, 4) is 33.6 Å². The monoisotopic (exact) mass is 612 g/mol. The van der Waals surface area contributed by atoms with Crippen LogP contribution in [0.5, 0.6) is 0 Å². The van der Waals surface area contributed by atoms with Gasteiger partial charge in [-0.15, -0.1) is 0 Å². The van der Waals surface area contributed by atoms with Crippen LogP contribution in [0.1, 0.15) is 34.6 Å². The lowest BCUT2D eigenvalue weighted by molar-refractivity contribution is 0.724. The van der Waals surface area contributed by atoms with E-state index in [4.69, 9.17) is 0 Å². The first kappa shape index (κ1) is 24.9. The Morgan fingerprint density at radius 3 is 1.23 bits per heavy atom. The molecule has 4 nitrogen and oxygen atoms in total. The van der Waals surface area contributed by atoms with E-state index in [-0.39, 0.29) is 12.1 Å². The number of anilines is 4. The van der Waals surface area contributed by atoms with E-state index in [0.717, 1.165) is 0 Å². The first-order valence-electron chi connectivity index (χ1n) is 16.8. The number of rotatable bonds is 0. The molecular weight excluding hydrogens is 585 g/mol. The molecule has 0 spiro atoms. The van der Waals surface area contributed by atoms with Gasteiger partial charge in [0.05, 0.1) is 45.5 Å². The highest BCUT2D eigenvalue weighted by atomic mass is 15.3. The fraction of sp³-hybridized carbons (Fsp3) is 0.0455. The SMILES string of the molecule is c1ccc2c(c1)-c1c(ccc3c4c(ccc13)N1c3ccccc3-n3cccc3C1c1ccccc1-4)N1c3ccccc3-n3cccc3C21. The first-order valence-corrected chi connectivity index (χ1v) is 16.8. The molecule has 8 aromatic rings. The lowest BCUT2D eigenvalue weighted by Gasteiger charge is -2.46. The first-order chi connectivity index (χ1) is 23.9. The van der Waals surface area contributed by atoms with E-state index in [0.29, 0.717) is 0 Å². The van der Waals surface area contributed by atoms with E-state index in [1.165, 1.54) is 89.7 Å². The predicted octanol–water partition coefficient (Wildman–Crippen LogP) is 10.9. The number of aromatic nitrogens is 2. The topological polar surface area (TPSA) is 16.3 Å². The van der Waals surface area contributed by atoms with Crippen LogP contribution in [0.25, 0.3) is 44.4 Å². The maximum atomic E-state index is 2.58. The van der Waals surface area contributed by atoms with Gasteiger partial charge in [-0.25, -0.2) is 0 Å². The number of benzene rings is 6. The molecule has 0 radical (unpaired) electrons. The van der Waals surface area contributed by atoms with E-state index in [2.05, 4.69) is 177 Å². The molecule has 2 atom stereocenters. The summed E-state index contributed by atoms with van der Waals surface area (Å²) in [6.07, 6.45) is 4.41. The third kappa shape index (κ3) is 2.89. The Balaban J connectivity index is 1.18. The zero-order chi connectivity index (χ0) is 31.1. The molecule has 224 valence electrons. The molecule has 4 heteroatoms. The standard InChI is InChI=1S/C44H28N4/c1-3-13-31-27(11-1)41-29-21-24-38-42(30(29)22-23-37(41)47-35-17-7-5-15-33(35)45-25-9-19-39(45)43(31)47)28-12-2-4-14-32(28)44-40-20-10-26-46(40)34-16-6-8-18-36(34)48(38)44/h1-26,43-44H. The molecule has 6 heterocycles. The van der Waals surface area contributed by atoms with Crippen molar-refractivity contribution in [1.82, 2.24) is 9.13 Å². The maximum absolute atomic E-state index is 2.58. The summed E-state index contributed by atoms with van der Waals surface area (Å²) in [7, 11) is 0. The van der Waals surface area contributed by atoms with Gasteiger partial charge < -0.3 is 18.9 Å². The molecule has 2 aromatic heterocycles. The van der Waals surface area contributed by atoms with Gasteiger partial charge in [0.2, 0.25) is 0 Å². The zero-order valence-corrected chi connectivity index (χ0v) is 26.0. The summed E-state index contributed by atoms with van der Waals surface area (Å²) in [6.45, 7) is 0. The lowest BCUT2D eigenvalue weighted by Crippen LogP contribution is -2.35. The summed E-state index contributed by atoms with van der Waals surface area (Å²) < 4.78 is 4.74. The van der Waals surface area contributed by atoms with Gasteiger partial charge in [-0.3, -0.25) is 0 Å². The van der Waals surface area contributed by atoms with Crippen LogP contribution in [0, 0.1) is 0 Å². The molecule has 2 unspecified atom stereocenters. The van der Waals surface area contributed by atoms with Crippen LogP contribution in [-0.2, 0) is 0 Å². The molecule has 6 aromatic carbocycles. The molecule has 4 aliphatic rings. The number of hydrogen-bond acceptors (Lipinski definition) is 2. The highest BCUT2D eigenvalue weighted by Gasteiger charge is 2.42. The summed E-state index contributed by atoms with van der Waals surface area (Å²) in [5, 5.41) is 2.58. The van der Waals surface area contributed by atoms with Crippen LogP contribution < -0.4 is 9.80 Å². The number of para-hydroxylation sites is 4. The van der Waals surface area contributed by atoms with Gasteiger partial charge in [0.25, 0.3) is 0 Å². The Kier molecular flexibility index (Phi) is 4.54. The molecule has 4 aliphatic heterocycles. The molecule has 0 amide bonds. The van der Waals surface area contributed by atoms with E-state index in [1.807, 2.05) is 0 Å². The van der Waals surface area contributed by atoms with Crippen LogP contribution >= 0.6 is 0 Å². The molecule has 0 saturated carbocycles. The van der Waals surface area contributed by atoms with Gasteiger partial charge in [-0.05, 0) is 93.7 Å². The van der Waals surface area contributed by atoms with Gasteiger partial charge in [0, 0.05) is 23.5 Å². The van der Waals surface area contributed by atoms with Crippen LogP contribution in [-0.4, -0.2) is 9.13 Å². The van der Waals surface area contributed by atoms with Crippen LogP contribution in [0.3, 0.4) is 0 Å². The van der Waals surface area contributed by atoms with E-state index in [1.54, 1.807) is 0 Å². The highest BCUT2D eigenvalue weighted by molar-refractivity contribution is 6.15. The quantitative estimate of drug-likeness (QED) is 0.169. The van der Waals surface area contributed by atoms with Crippen LogP contribution in [0.2, 0.25) is 0 Å². The van der Waals surface area contributed by atoms with Crippen molar-refractivity contribution in [3.63, 3.8) is 0 Å². The zero-order valence-electron chi connectivity index (χ0n) is 26.0. The third-order valence-electron chi connectivity index (χ3n) is 11.2. The van der Waals surface area contributed by atoms with E-state index < -0.39 is 0 Å². The van der Waals surface area contributed by atoms with E-state index in [9.17, 15) is 0 Å². The lowest BCUT2D eigenvalue weighted by atomic mass is 9.79. The number of hydrogen-bond donors (Lipinski definition) is 0. The van der Waals surface area contributed by atoms with Crippen molar-refractivity contribution < 1.29 is 0 Å². The van der Waals surface area contributed by atoms with Gasteiger partial charge in [-0.2, -0.15) is 0 Å². The Morgan fingerprint density at radius 2 is 0.750 bits per heavy atom. The fourth-order valence-electron chi connectivity index (χ4n) is 9.37. The fourth-order valence-corrected chi connectivity index (χ4v) is 9.37. The number of nitrogens with zero attached hydrogens (tertiary/aromatic N) is 4. The van der Waals surface area contributed by atoms with Crippen LogP contribution in [0.4, 0.5) is 22.7 Å². The average molecular weight is 613 g/mol. The second kappa shape index (κ2) is 8.75.